The maximum atomic E-state index is 12.4. The molecule has 0 aromatic carbocycles. The van der Waals surface area contributed by atoms with Crippen molar-refractivity contribution in [3.05, 3.63) is 0 Å². The van der Waals surface area contributed by atoms with E-state index < -0.39 is 24.9 Å². The van der Waals surface area contributed by atoms with Crippen molar-refractivity contribution in [2.24, 2.45) is 29.6 Å². The Bertz CT molecular complexity index is 413. The standard InChI is InChI=1S/C15H21F2NO3/c16-12(17)6-11(15(20)21)18-14(19)13-9-2-7-1-8(4-9)5-10(13)3-7/h7-13H,1-6H2,(H,18,19)(H,20,21). The Hall–Kier alpha value is -1.20. The summed E-state index contributed by atoms with van der Waals surface area (Å²) in [6.45, 7) is 0. The zero-order chi connectivity index (χ0) is 15.1. The van der Waals surface area contributed by atoms with Crippen molar-refractivity contribution < 1.29 is 23.5 Å². The monoisotopic (exact) mass is 301 g/mol. The van der Waals surface area contributed by atoms with E-state index in [9.17, 15) is 18.4 Å². The first kappa shape index (κ1) is 14.7. The highest BCUT2D eigenvalue weighted by Crippen LogP contribution is 2.56. The van der Waals surface area contributed by atoms with E-state index in [1.54, 1.807) is 0 Å². The maximum Gasteiger partial charge on any atom is 0.326 e. The topological polar surface area (TPSA) is 66.4 Å². The fraction of sp³-hybridized carbons (Fsp3) is 0.867. The van der Waals surface area contributed by atoms with Gasteiger partial charge in [-0.3, -0.25) is 4.79 Å². The molecule has 1 unspecified atom stereocenters. The third kappa shape index (κ3) is 2.90. The average molecular weight is 301 g/mol. The van der Waals surface area contributed by atoms with Gasteiger partial charge in [0.2, 0.25) is 12.3 Å². The van der Waals surface area contributed by atoms with Crippen LogP contribution in [0.3, 0.4) is 0 Å². The molecule has 1 amide bonds. The van der Waals surface area contributed by atoms with Crippen LogP contribution in [0.4, 0.5) is 8.78 Å². The Morgan fingerprint density at radius 2 is 1.57 bits per heavy atom. The molecule has 4 saturated carbocycles. The number of halogens is 2. The summed E-state index contributed by atoms with van der Waals surface area (Å²) in [6.07, 6.45) is 1.87. The van der Waals surface area contributed by atoms with Gasteiger partial charge in [-0.2, -0.15) is 0 Å². The minimum Gasteiger partial charge on any atom is -0.480 e. The van der Waals surface area contributed by atoms with Gasteiger partial charge in [-0.1, -0.05) is 0 Å². The van der Waals surface area contributed by atoms with Crippen LogP contribution in [-0.2, 0) is 9.59 Å². The number of nitrogens with one attached hydrogen (secondary N) is 1. The van der Waals surface area contributed by atoms with E-state index in [4.69, 9.17) is 5.11 Å². The molecule has 0 aromatic heterocycles. The molecule has 1 atom stereocenters. The molecule has 4 aliphatic carbocycles. The number of hydrogen-bond donors (Lipinski definition) is 2. The summed E-state index contributed by atoms with van der Waals surface area (Å²) in [5.41, 5.74) is 0. The van der Waals surface area contributed by atoms with E-state index in [0.29, 0.717) is 23.7 Å². The fourth-order valence-electron chi connectivity index (χ4n) is 5.02. The second kappa shape index (κ2) is 5.54. The Kier molecular flexibility index (Phi) is 3.88. The van der Waals surface area contributed by atoms with Crippen LogP contribution < -0.4 is 5.32 Å². The van der Waals surface area contributed by atoms with Gasteiger partial charge in [0.25, 0.3) is 0 Å². The van der Waals surface area contributed by atoms with Crippen molar-refractivity contribution in [2.75, 3.05) is 0 Å². The Morgan fingerprint density at radius 1 is 1.05 bits per heavy atom. The van der Waals surface area contributed by atoms with Gasteiger partial charge in [0, 0.05) is 12.3 Å². The molecule has 0 aromatic rings. The molecule has 0 aliphatic heterocycles. The first-order valence-electron chi connectivity index (χ1n) is 7.75. The lowest BCUT2D eigenvalue weighted by molar-refractivity contribution is -0.147. The lowest BCUT2D eigenvalue weighted by atomic mass is 9.51. The van der Waals surface area contributed by atoms with Crippen molar-refractivity contribution >= 4 is 11.9 Å². The van der Waals surface area contributed by atoms with Crippen molar-refractivity contribution in [2.45, 2.75) is 51.0 Å². The second-order valence-corrected chi connectivity index (χ2v) is 6.98. The van der Waals surface area contributed by atoms with Gasteiger partial charge in [0.05, 0.1) is 0 Å². The summed E-state index contributed by atoms with van der Waals surface area (Å²) in [7, 11) is 0. The predicted octanol–water partition coefficient (Wildman–Crippen LogP) is 2.28. The summed E-state index contributed by atoms with van der Waals surface area (Å²) in [5, 5.41) is 11.3. The van der Waals surface area contributed by atoms with E-state index in [1.807, 2.05) is 0 Å². The van der Waals surface area contributed by atoms with Crippen molar-refractivity contribution in [3.63, 3.8) is 0 Å². The van der Waals surface area contributed by atoms with Gasteiger partial charge in [0.15, 0.2) is 0 Å². The van der Waals surface area contributed by atoms with E-state index in [-0.39, 0.29) is 11.8 Å². The van der Waals surface area contributed by atoms with Gasteiger partial charge in [-0.15, -0.1) is 0 Å². The number of rotatable bonds is 5. The van der Waals surface area contributed by atoms with E-state index in [0.717, 1.165) is 25.7 Å². The first-order chi connectivity index (χ1) is 9.94. The lowest BCUT2D eigenvalue weighted by Gasteiger charge is -2.53. The van der Waals surface area contributed by atoms with Crippen LogP contribution in [0.5, 0.6) is 0 Å². The van der Waals surface area contributed by atoms with Crippen LogP contribution >= 0.6 is 0 Å². The summed E-state index contributed by atoms with van der Waals surface area (Å²) in [6, 6.07) is -1.48. The Labute approximate surface area is 122 Å². The van der Waals surface area contributed by atoms with E-state index in [2.05, 4.69) is 5.32 Å². The summed E-state index contributed by atoms with van der Waals surface area (Å²) >= 11 is 0. The molecule has 0 saturated heterocycles. The Balaban J connectivity index is 1.66. The van der Waals surface area contributed by atoms with Gasteiger partial charge in [0.1, 0.15) is 6.04 Å². The smallest absolute Gasteiger partial charge is 0.326 e. The normalized spacial score (nSPS) is 38.5. The molecule has 4 rings (SSSR count). The van der Waals surface area contributed by atoms with Crippen LogP contribution in [0.2, 0.25) is 0 Å². The molecular weight excluding hydrogens is 280 g/mol. The molecule has 21 heavy (non-hydrogen) atoms. The number of alkyl halides is 2. The van der Waals surface area contributed by atoms with Crippen LogP contribution in [0.15, 0.2) is 0 Å². The molecule has 0 spiro atoms. The number of carboxylic acid groups (broad SMARTS) is 1. The predicted molar refractivity (Wildman–Crippen MR) is 70.7 cm³/mol. The van der Waals surface area contributed by atoms with Crippen LogP contribution in [0.25, 0.3) is 0 Å². The molecule has 0 radical (unpaired) electrons. The number of carbonyl (C=O) groups excluding carboxylic acids is 1. The summed E-state index contributed by atoms with van der Waals surface area (Å²) in [5.74, 6) is 0.201. The largest absolute Gasteiger partial charge is 0.480 e. The molecule has 118 valence electrons. The number of aliphatic carboxylic acids is 1. The minimum atomic E-state index is -2.73. The lowest BCUT2D eigenvalue weighted by Crippen LogP contribution is -2.53. The molecule has 4 fully saturated rings. The number of carboxylic acids is 1. The molecule has 4 bridgehead atoms. The molecule has 2 N–H and O–H groups in total. The molecule has 4 nitrogen and oxygen atoms in total. The minimum absolute atomic E-state index is 0.169. The summed E-state index contributed by atoms with van der Waals surface area (Å²) < 4.78 is 24.8. The average Bonchev–Trinajstić information content (AvgIpc) is 2.35. The number of carbonyl (C=O) groups is 2. The van der Waals surface area contributed by atoms with Gasteiger partial charge in [-0.05, 0) is 55.8 Å². The quantitative estimate of drug-likeness (QED) is 0.818. The van der Waals surface area contributed by atoms with E-state index in [1.165, 1.54) is 6.42 Å². The van der Waals surface area contributed by atoms with Crippen molar-refractivity contribution in [1.82, 2.24) is 5.32 Å². The maximum absolute atomic E-state index is 12.4. The zero-order valence-corrected chi connectivity index (χ0v) is 11.8. The first-order valence-corrected chi connectivity index (χ1v) is 7.75. The van der Waals surface area contributed by atoms with Gasteiger partial charge < -0.3 is 10.4 Å². The van der Waals surface area contributed by atoms with E-state index >= 15 is 0 Å². The highest BCUT2D eigenvalue weighted by atomic mass is 19.3. The third-order valence-electron chi connectivity index (χ3n) is 5.56. The number of amides is 1. The summed E-state index contributed by atoms with van der Waals surface area (Å²) in [4.78, 5) is 23.4. The highest BCUT2D eigenvalue weighted by Gasteiger charge is 2.51. The third-order valence-corrected chi connectivity index (χ3v) is 5.56. The number of hydrogen-bond acceptors (Lipinski definition) is 2. The van der Waals surface area contributed by atoms with Crippen molar-refractivity contribution in [3.8, 4) is 0 Å². The van der Waals surface area contributed by atoms with Gasteiger partial charge in [-0.25, -0.2) is 13.6 Å². The molecule has 0 heterocycles. The molecule has 4 aliphatic rings. The van der Waals surface area contributed by atoms with Crippen LogP contribution in [0.1, 0.15) is 38.5 Å². The molecule has 6 heteroatoms. The van der Waals surface area contributed by atoms with Crippen molar-refractivity contribution in [1.29, 1.82) is 0 Å². The van der Waals surface area contributed by atoms with Gasteiger partial charge >= 0.3 is 5.97 Å². The Morgan fingerprint density at radius 3 is 2.00 bits per heavy atom. The molecular formula is C15H21F2NO3. The van der Waals surface area contributed by atoms with Crippen LogP contribution in [0, 0.1) is 29.6 Å². The van der Waals surface area contributed by atoms with Crippen LogP contribution in [-0.4, -0.2) is 29.5 Å². The zero-order valence-electron chi connectivity index (χ0n) is 11.8. The highest BCUT2D eigenvalue weighted by molar-refractivity contribution is 5.85. The second-order valence-electron chi connectivity index (χ2n) is 6.98. The fourth-order valence-corrected chi connectivity index (χ4v) is 5.02. The SMILES string of the molecule is O=C(O)C(CC(F)F)NC(=O)C1C2CC3CC(C2)CC1C3.